The molecule has 0 saturated heterocycles. The second-order valence-electron chi connectivity index (χ2n) is 6.19. The van der Waals surface area contributed by atoms with Crippen LogP contribution in [0.3, 0.4) is 0 Å². The van der Waals surface area contributed by atoms with Crippen LogP contribution in [-0.2, 0) is 6.54 Å². The van der Waals surface area contributed by atoms with Gasteiger partial charge in [0.1, 0.15) is 5.82 Å². The molecule has 2 aromatic carbocycles. The first-order valence-corrected chi connectivity index (χ1v) is 9.71. The summed E-state index contributed by atoms with van der Waals surface area (Å²) in [6.45, 7) is 2.09. The lowest BCUT2D eigenvalue weighted by atomic mass is 10.1. The highest BCUT2D eigenvalue weighted by Crippen LogP contribution is 2.28. The third-order valence-electron chi connectivity index (χ3n) is 4.07. The SMILES string of the molecule is Cc1cc(NC(=O)c2ccc(F)cc2Cl)sc1C(=O)NCc1ccc(C#N)cc1. The number of nitrogens with zero attached hydrogens (tertiary/aromatic N) is 1. The number of anilines is 1. The second-order valence-corrected chi connectivity index (χ2v) is 7.65. The van der Waals surface area contributed by atoms with Crippen LogP contribution >= 0.6 is 22.9 Å². The summed E-state index contributed by atoms with van der Waals surface area (Å²) in [6, 6.07) is 14.2. The van der Waals surface area contributed by atoms with E-state index in [-0.39, 0.29) is 16.5 Å². The fraction of sp³-hybridized carbons (Fsp3) is 0.0952. The van der Waals surface area contributed by atoms with E-state index in [0.717, 1.165) is 29.0 Å². The largest absolute Gasteiger partial charge is 0.347 e. The molecule has 0 atom stereocenters. The van der Waals surface area contributed by atoms with E-state index in [9.17, 15) is 14.0 Å². The maximum absolute atomic E-state index is 13.1. The Balaban J connectivity index is 1.66. The molecule has 1 heterocycles. The number of thiophene rings is 1. The van der Waals surface area contributed by atoms with Crippen LogP contribution in [0, 0.1) is 24.1 Å². The molecule has 0 spiro atoms. The monoisotopic (exact) mass is 427 g/mol. The molecule has 2 N–H and O–H groups in total. The van der Waals surface area contributed by atoms with Crippen LogP contribution in [0.4, 0.5) is 9.39 Å². The Morgan fingerprint density at radius 1 is 1.14 bits per heavy atom. The van der Waals surface area contributed by atoms with Gasteiger partial charge in [0.05, 0.1) is 32.1 Å². The number of rotatable bonds is 5. The normalized spacial score (nSPS) is 10.3. The summed E-state index contributed by atoms with van der Waals surface area (Å²) < 4.78 is 13.1. The van der Waals surface area contributed by atoms with Gasteiger partial charge in [-0.2, -0.15) is 5.26 Å². The van der Waals surface area contributed by atoms with Crippen molar-refractivity contribution in [2.45, 2.75) is 13.5 Å². The van der Waals surface area contributed by atoms with E-state index in [1.54, 1.807) is 37.3 Å². The van der Waals surface area contributed by atoms with Gasteiger partial charge in [-0.15, -0.1) is 11.3 Å². The Labute approximate surface area is 175 Å². The summed E-state index contributed by atoms with van der Waals surface area (Å²) in [5.41, 5.74) is 2.28. The lowest BCUT2D eigenvalue weighted by Crippen LogP contribution is -2.22. The number of hydrogen-bond donors (Lipinski definition) is 2. The predicted molar refractivity (Wildman–Crippen MR) is 111 cm³/mol. The molecule has 0 bridgehead atoms. The van der Waals surface area contributed by atoms with Crippen LogP contribution in [-0.4, -0.2) is 11.8 Å². The smallest absolute Gasteiger partial charge is 0.261 e. The Morgan fingerprint density at radius 2 is 1.86 bits per heavy atom. The Hall–Kier alpha value is -3.21. The summed E-state index contributed by atoms with van der Waals surface area (Å²) in [4.78, 5) is 25.3. The molecule has 0 aliphatic heterocycles. The first kappa shape index (κ1) is 20.5. The van der Waals surface area contributed by atoms with Gasteiger partial charge in [0.15, 0.2) is 0 Å². The van der Waals surface area contributed by atoms with Crippen LogP contribution in [0.2, 0.25) is 5.02 Å². The fourth-order valence-corrected chi connectivity index (χ4v) is 3.82. The number of carbonyl (C=O) groups excluding carboxylic acids is 2. The van der Waals surface area contributed by atoms with Gasteiger partial charge in [-0.3, -0.25) is 9.59 Å². The molecule has 3 aromatic rings. The highest BCUT2D eigenvalue weighted by atomic mass is 35.5. The first-order chi connectivity index (χ1) is 13.9. The Kier molecular flexibility index (Phi) is 6.27. The second kappa shape index (κ2) is 8.86. The third-order valence-corrected chi connectivity index (χ3v) is 5.54. The molecule has 8 heteroatoms. The molecule has 1 aromatic heterocycles. The van der Waals surface area contributed by atoms with Gasteiger partial charge < -0.3 is 10.6 Å². The van der Waals surface area contributed by atoms with Gasteiger partial charge in [-0.1, -0.05) is 23.7 Å². The number of hydrogen-bond acceptors (Lipinski definition) is 4. The number of nitriles is 1. The van der Waals surface area contributed by atoms with Crippen molar-refractivity contribution in [3.63, 3.8) is 0 Å². The fourth-order valence-electron chi connectivity index (χ4n) is 2.58. The summed E-state index contributed by atoms with van der Waals surface area (Å²) in [6.07, 6.45) is 0. The van der Waals surface area contributed by atoms with E-state index in [2.05, 4.69) is 10.6 Å². The van der Waals surface area contributed by atoms with Gasteiger partial charge in [-0.25, -0.2) is 4.39 Å². The van der Waals surface area contributed by atoms with Crippen molar-refractivity contribution in [2.75, 3.05) is 5.32 Å². The number of aryl methyl sites for hydroxylation is 1. The number of halogens is 2. The summed E-state index contributed by atoms with van der Waals surface area (Å²) in [5.74, 6) is -1.28. The molecule has 146 valence electrons. The van der Waals surface area contributed by atoms with Crippen molar-refractivity contribution in [3.8, 4) is 6.07 Å². The highest BCUT2D eigenvalue weighted by molar-refractivity contribution is 7.18. The van der Waals surface area contributed by atoms with Crippen molar-refractivity contribution in [2.24, 2.45) is 0 Å². The predicted octanol–water partition coefficient (Wildman–Crippen LogP) is 4.90. The van der Waals surface area contributed by atoms with Crippen LogP contribution in [0.25, 0.3) is 0 Å². The Morgan fingerprint density at radius 3 is 2.52 bits per heavy atom. The van der Waals surface area contributed by atoms with E-state index in [1.165, 1.54) is 6.07 Å². The first-order valence-electron chi connectivity index (χ1n) is 8.51. The summed E-state index contributed by atoms with van der Waals surface area (Å²) in [7, 11) is 0. The van der Waals surface area contributed by atoms with E-state index in [1.807, 2.05) is 6.07 Å². The van der Waals surface area contributed by atoms with Gasteiger partial charge >= 0.3 is 0 Å². The molecular weight excluding hydrogens is 413 g/mol. The van der Waals surface area contributed by atoms with Gasteiger partial charge in [0.25, 0.3) is 11.8 Å². The molecule has 3 rings (SSSR count). The minimum absolute atomic E-state index is 0.0103. The topological polar surface area (TPSA) is 82.0 Å². The number of nitrogens with one attached hydrogen (secondary N) is 2. The average molecular weight is 428 g/mol. The standard InChI is InChI=1S/C21H15ClFN3O2S/c1-12-8-18(26-20(27)16-7-6-15(23)9-17(16)22)29-19(12)21(28)25-11-14-4-2-13(10-24)3-5-14/h2-9H,11H2,1H3,(H,25,28)(H,26,27). The van der Waals surface area contributed by atoms with E-state index in [4.69, 9.17) is 16.9 Å². The minimum Gasteiger partial charge on any atom is -0.347 e. The molecule has 0 fully saturated rings. The lowest BCUT2D eigenvalue weighted by Gasteiger charge is -2.05. The zero-order valence-electron chi connectivity index (χ0n) is 15.3. The van der Waals surface area contributed by atoms with Crippen molar-refractivity contribution >= 4 is 39.8 Å². The van der Waals surface area contributed by atoms with Crippen molar-refractivity contribution in [1.29, 1.82) is 5.26 Å². The molecular formula is C21H15ClFN3O2S. The molecule has 29 heavy (non-hydrogen) atoms. The van der Waals surface area contributed by atoms with Gasteiger partial charge in [0.2, 0.25) is 0 Å². The molecule has 0 aliphatic rings. The quantitative estimate of drug-likeness (QED) is 0.607. The van der Waals surface area contributed by atoms with Gasteiger partial charge in [0, 0.05) is 6.54 Å². The lowest BCUT2D eigenvalue weighted by molar-refractivity contribution is 0.0953. The maximum atomic E-state index is 13.1. The van der Waals surface area contributed by atoms with Crippen molar-refractivity contribution < 1.29 is 14.0 Å². The zero-order valence-corrected chi connectivity index (χ0v) is 16.8. The number of benzene rings is 2. The highest BCUT2D eigenvalue weighted by Gasteiger charge is 2.17. The number of amides is 2. The van der Waals surface area contributed by atoms with Crippen LogP contribution in [0.1, 0.15) is 36.7 Å². The van der Waals surface area contributed by atoms with Crippen molar-refractivity contribution in [3.05, 3.63) is 86.5 Å². The average Bonchev–Trinajstić information content (AvgIpc) is 3.06. The Bertz CT molecular complexity index is 1120. The van der Waals surface area contributed by atoms with Crippen LogP contribution in [0.15, 0.2) is 48.5 Å². The number of carbonyl (C=O) groups is 2. The zero-order chi connectivity index (χ0) is 21.0. The summed E-state index contributed by atoms with van der Waals surface area (Å²) in [5, 5.41) is 14.8. The molecule has 2 amide bonds. The maximum Gasteiger partial charge on any atom is 0.261 e. The minimum atomic E-state index is -0.528. The van der Waals surface area contributed by atoms with E-state index in [0.29, 0.717) is 27.5 Å². The summed E-state index contributed by atoms with van der Waals surface area (Å²) >= 11 is 7.05. The molecule has 0 unspecified atom stereocenters. The molecule has 0 aliphatic carbocycles. The van der Waals surface area contributed by atoms with E-state index < -0.39 is 11.7 Å². The molecule has 0 saturated carbocycles. The molecule has 5 nitrogen and oxygen atoms in total. The van der Waals surface area contributed by atoms with Crippen LogP contribution in [0.5, 0.6) is 0 Å². The third kappa shape index (κ3) is 4.99. The van der Waals surface area contributed by atoms with Crippen LogP contribution < -0.4 is 10.6 Å². The van der Waals surface area contributed by atoms with Crippen molar-refractivity contribution in [1.82, 2.24) is 5.32 Å². The van der Waals surface area contributed by atoms with Gasteiger partial charge in [-0.05, 0) is 54.4 Å². The molecule has 0 radical (unpaired) electrons. The van der Waals surface area contributed by atoms with E-state index >= 15 is 0 Å².